The van der Waals surface area contributed by atoms with Gasteiger partial charge in [-0.1, -0.05) is 6.07 Å². The molecule has 0 saturated heterocycles. The largest absolute Gasteiger partial charge is 0.350 e. The van der Waals surface area contributed by atoms with Crippen LogP contribution in [0.5, 0.6) is 0 Å². The molecule has 0 bridgehead atoms. The van der Waals surface area contributed by atoms with E-state index in [4.69, 9.17) is 0 Å². The monoisotopic (exact) mass is 258 g/mol. The Morgan fingerprint density at radius 3 is 3.00 bits per heavy atom. The highest BCUT2D eigenvalue weighted by Crippen LogP contribution is 2.10. The molecule has 5 heteroatoms. The number of hydrogen-bond acceptors (Lipinski definition) is 3. The summed E-state index contributed by atoms with van der Waals surface area (Å²) < 4.78 is 1.83. The SMILES string of the molecule is C[C@@H](NC(=O)CCCn1cccn1)c1cccnc1. The van der Waals surface area contributed by atoms with Crippen molar-refractivity contribution in [1.29, 1.82) is 0 Å². The van der Waals surface area contributed by atoms with Crippen LogP contribution in [0.25, 0.3) is 0 Å². The highest BCUT2D eigenvalue weighted by molar-refractivity contribution is 5.76. The molecule has 2 rings (SSSR count). The van der Waals surface area contributed by atoms with Crippen LogP contribution in [0.4, 0.5) is 0 Å². The summed E-state index contributed by atoms with van der Waals surface area (Å²) >= 11 is 0. The molecular formula is C14H18N4O. The standard InChI is InChI=1S/C14H18N4O/c1-12(13-5-2-7-15-11-13)17-14(19)6-3-9-18-10-4-8-16-18/h2,4-5,7-8,10-12H,3,6,9H2,1H3,(H,17,19)/t12-/m1/s1. The number of aryl methyl sites for hydroxylation is 1. The summed E-state index contributed by atoms with van der Waals surface area (Å²) in [5.74, 6) is 0.0588. The first-order chi connectivity index (χ1) is 9.25. The van der Waals surface area contributed by atoms with E-state index < -0.39 is 0 Å². The minimum Gasteiger partial charge on any atom is -0.350 e. The van der Waals surface area contributed by atoms with E-state index in [1.807, 2.05) is 36.0 Å². The van der Waals surface area contributed by atoms with Crippen LogP contribution in [-0.2, 0) is 11.3 Å². The van der Waals surface area contributed by atoms with Crippen molar-refractivity contribution >= 4 is 5.91 Å². The number of carbonyl (C=O) groups excluding carboxylic acids is 1. The average molecular weight is 258 g/mol. The Bertz CT molecular complexity index is 495. The fourth-order valence-corrected chi connectivity index (χ4v) is 1.86. The zero-order chi connectivity index (χ0) is 13.5. The zero-order valence-electron chi connectivity index (χ0n) is 11.0. The molecule has 0 radical (unpaired) electrons. The van der Waals surface area contributed by atoms with E-state index in [-0.39, 0.29) is 11.9 Å². The van der Waals surface area contributed by atoms with Crippen molar-refractivity contribution in [1.82, 2.24) is 20.1 Å². The lowest BCUT2D eigenvalue weighted by Crippen LogP contribution is -2.26. The predicted octanol–water partition coefficient (Wildman–Crippen LogP) is 1.94. The molecule has 2 aromatic heterocycles. The van der Waals surface area contributed by atoms with E-state index in [9.17, 15) is 4.79 Å². The maximum atomic E-state index is 11.8. The van der Waals surface area contributed by atoms with Gasteiger partial charge in [-0.15, -0.1) is 0 Å². The van der Waals surface area contributed by atoms with Gasteiger partial charge in [-0.05, 0) is 31.0 Å². The minimum atomic E-state index is -0.00842. The number of aromatic nitrogens is 3. The van der Waals surface area contributed by atoms with Crippen molar-refractivity contribution in [2.45, 2.75) is 32.4 Å². The highest BCUT2D eigenvalue weighted by atomic mass is 16.1. The molecule has 0 unspecified atom stereocenters. The summed E-state index contributed by atoms with van der Waals surface area (Å²) in [6.07, 6.45) is 8.43. The quantitative estimate of drug-likeness (QED) is 0.861. The van der Waals surface area contributed by atoms with Crippen molar-refractivity contribution < 1.29 is 4.79 Å². The van der Waals surface area contributed by atoms with Crippen LogP contribution >= 0.6 is 0 Å². The molecule has 0 fully saturated rings. The Morgan fingerprint density at radius 1 is 1.42 bits per heavy atom. The van der Waals surface area contributed by atoms with Crippen molar-refractivity contribution in [3.05, 3.63) is 48.5 Å². The van der Waals surface area contributed by atoms with Gasteiger partial charge in [0.25, 0.3) is 0 Å². The predicted molar refractivity (Wildman–Crippen MR) is 72.3 cm³/mol. The summed E-state index contributed by atoms with van der Waals surface area (Å²) in [5.41, 5.74) is 1.02. The maximum Gasteiger partial charge on any atom is 0.220 e. The van der Waals surface area contributed by atoms with Crippen LogP contribution in [0.15, 0.2) is 43.0 Å². The lowest BCUT2D eigenvalue weighted by molar-refractivity contribution is -0.121. The first kappa shape index (κ1) is 13.3. The normalized spacial score (nSPS) is 12.1. The molecule has 0 aliphatic carbocycles. The van der Waals surface area contributed by atoms with Gasteiger partial charge >= 0.3 is 0 Å². The molecule has 0 spiro atoms. The molecule has 1 N–H and O–H groups in total. The van der Waals surface area contributed by atoms with Crippen LogP contribution in [0.1, 0.15) is 31.4 Å². The van der Waals surface area contributed by atoms with E-state index in [0.29, 0.717) is 6.42 Å². The van der Waals surface area contributed by atoms with Crippen LogP contribution in [-0.4, -0.2) is 20.7 Å². The third-order valence-corrected chi connectivity index (χ3v) is 2.91. The topological polar surface area (TPSA) is 59.8 Å². The average Bonchev–Trinajstić information content (AvgIpc) is 2.93. The molecule has 2 aromatic rings. The van der Waals surface area contributed by atoms with Crippen molar-refractivity contribution in [2.75, 3.05) is 0 Å². The Hall–Kier alpha value is -2.17. The van der Waals surface area contributed by atoms with Gasteiger partial charge in [0.2, 0.25) is 5.91 Å². The van der Waals surface area contributed by atoms with E-state index in [0.717, 1.165) is 18.5 Å². The zero-order valence-corrected chi connectivity index (χ0v) is 11.0. The third-order valence-electron chi connectivity index (χ3n) is 2.91. The molecule has 5 nitrogen and oxygen atoms in total. The van der Waals surface area contributed by atoms with Gasteiger partial charge < -0.3 is 5.32 Å². The minimum absolute atomic E-state index is 0.00842. The van der Waals surface area contributed by atoms with Crippen LogP contribution in [0.3, 0.4) is 0 Å². The Labute approximate surface area is 112 Å². The molecule has 0 aliphatic rings. The molecule has 100 valence electrons. The maximum absolute atomic E-state index is 11.8. The van der Waals surface area contributed by atoms with E-state index in [1.165, 1.54) is 0 Å². The van der Waals surface area contributed by atoms with Gasteiger partial charge in [-0.2, -0.15) is 5.10 Å². The van der Waals surface area contributed by atoms with Crippen molar-refractivity contribution in [3.63, 3.8) is 0 Å². The van der Waals surface area contributed by atoms with E-state index in [2.05, 4.69) is 15.4 Å². The number of nitrogens with one attached hydrogen (secondary N) is 1. The number of hydrogen-bond donors (Lipinski definition) is 1. The highest BCUT2D eigenvalue weighted by Gasteiger charge is 2.09. The summed E-state index contributed by atoms with van der Waals surface area (Å²) in [6, 6.07) is 5.70. The number of rotatable bonds is 6. The summed E-state index contributed by atoms with van der Waals surface area (Å²) in [4.78, 5) is 15.8. The third kappa shape index (κ3) is 4.21. The first-order valence-electron chi connectivity index (χ1n) is 6.42. The lowest BCUT2D eigenvalue weighted by atomic mass is 10.1. The lowest BCUT2D eigenvalue weighted by Gasteiger charge is -2.13. The van der Waals surface area contributed by atoms with Gasteiger partial charge in [0.1, 0.15) is 0 Å². The van der Waals surface area contributed by atoms with Crippen molar-refractivity contribution in [3.8, 4) is 0 Å². The van der Waals surface area contributed by atoms with Gasteiger partial charge in [-0.3, -0.25) is 14.5 Å². The number of pyridine rings is 1. The van der Waals surface area contributed by atoms with E-state index in [1.54, 1.807) is 18.6 Å². The molecule has 0 aliphatic heterocycles. The number of carbonyl (C=O) groups is 1. The molecule has 2 heterocycles. The fourth-order valence-electron chi connectivity index (χ4n) is 1.86. The Balaban J connectivity index is 1.72. The van der Waals surface area contributed by atoms with Crippen molar-refractivity contribution in [2.24, 2.45) is 0 Å². The fraction of sp³-hybridized carbons (Fsp3) is 0.357. The summed E-state index contributed by atoms with van der Waals surface area (Å²) in [5, 5.41) is 7.07. The Morgan fingerprint density at radius 2 is 2.32 bits per heavy atom. The van der Waals surface area contributed by atoms with Gasteiger partial charge in [0.15, 0.2) is 0 Å². The number of amides is 1. The Kier molecular flexibility index (Phi) is 4.66. The molecule has 1 amide bonds. The van der Waals surface area contributed by atoms with Gasteiger partial charge in [0, 0.05) is 37.8 Å². The first-order valence-corrected chi connectivity index (χ1v) is 6.42. The van der Waals surface area contributed by atoms with Crippen LogP contribution in [0.2, 0.25) is 0 Å². The molecule has 0 aromatic carbocycles. The summed E-state index contributed by atoms with van der Waals surface area (Å²) in [7, 11) is 0. The molecule has 1 atom stereocenters. The number of nitrogens with zero attached hydrogens (tertiary/aromatic N) is 3. The second-order valence-corrected chi connectivity index (χ2v) is 4.45. The smallest absolute Gasteiger partial charge is 0.220 e. The second kappa shape index (κ2) is 6.68. The van der Waals surface area contributed by atoms with E-state index >= 15 is 0 Å². The molecule has 19 heavy (non-hydrogen) atoms. The van der Waals surface area contributed by atoms with Gasteiger partial charge in [0.05, 0.1) is 6.04 Å². The van der Waals surface area contributed by atoms with Crippen LogP contribution in [0, 0.1) is 0 Å². The molecular weight excluding hydrogens is 240 g/mol. The molecule has 0 saturated carbocycles. The van der Waals surface area contributed by atoms with Gasteiger partial charge in [-0.25, -0.2) is 0 Å². The summed E-state index contributed by atoms with van der Waals surface area (Å²) in [6.45, 7) is 2.73. The second-order valence-electron chi connectivity index (χ2n) is 4.45. The van der Waals surface area contributed by atoms with Crippen LogP contribution < -0.4 is 5.32 Å².